The van der Waals surface area contributed by atoms with Crippen molar-refractivity contribution in [3.05, 3.63) is 69.7 Å². The number of aliphatic hydroxyl groups is 1. The van der Waals surface area contributed by atoms with Crippen molar-refractivity contribution in [1.29, 1.82) is 0 Å². The van der Waals surface area contributed by atoms with E-state index in [2.05, 4.69) is 9.80 Å². The average Bonchev–Trinajstić information content (AvgIpc) is 3.05. The van der Waals surface area contributed by atoms with E-state index in [9.17, 15) is 24.0 Å². The summed E-state index contributed by atoms with van der Waals surface area (Å²) in [5, 5.41) is 34.9. The third-order valence-electron chi connectivity index (χ3n) is 8.82. The Morgan fingerprint density at radius 1 is 0.918 bits per heavy atom. The van der Waals surface area contributed by atoms with Crippen molar-refractivity contribution >= 4 is 53.0 Å². The van der Waals surface area contributed by atoms with E-state index in [-0.39, 0.29) is 17.9 Å². The minimum absolute atomic E-state index is 0.0117. The number of benzene rings is 2. The predicted octanol–water partition coefficient (Wildman–Crippen LogP) is 4.21. The second-order valence-corrected chi connectivity index (χ2v) is 13.3. The molecule has 49 heavy (non-hydrogen) atoms. The van der Waals surface area contributed by atoms with Gasteiger partial charge in [0, 0.05) is 64.3 Å². The molecule has 2 aliphatic heterocycles. The Hall–Kier alpha value is -3.91. The fourth-order valence-electron chi connectivity index (χ4n) is 6.08. The molecular formula is C34H44Cl2N4O9. The number of carboxylic acid groups (broad SMARTS) is 3. The van der Waals surface area contributed by atoms with Gasteiger partial charge in [-0.05, 0) is 62.1 Å². The van der Waals surface area contributed by atoms with E-state index in [4.69, 9.17) is 43.6 Å². The summed E-state index contributed by atoms with van der Waals surface area (Å²) in [5.41, 5.74) is -0.959. The van der Waals surface area contributed by atoms with Crippen molar-refractivity contribution in [2.75, 3.05) is 53.4 Å². The molecule has 13 nitrogen and oxygen atoms in total. The standard InChI is InChI=1S/C28H36Cl2N4O2.C6H8O7/c1-31-14-6-15-34(28(31)36)24-12-17-33(18-13-24)16-11-23(22-9-10-25(29)26(30)19-22)20-32(2)27(35)21-7-4-3-5-8-21;7-3(8)1-6(13,5(11)12)2-4(9)10/h3-5,7-10,19,23-24H,6,11-18,20H2,1-2H3;13H,1-2H2,(H,7,8)(H,9,10)(H,11,12)/t23-;/m1./s1. The minimum atomic E-state index is -2.74. The first kappa shape index (κ1) is 39.5. The van der Waals surface area contributed by atoms with Crippen molar-refractivity contribution in [3.63, 3.8) is 0 Å². The summed E-state index contributed by atoms with van der Waals surface area (Å²) >= 11 is 12.5. The smallest absolute Gasteiger partial charge is 0.336 e. The Kier molecular flexibility index (Phi) is 14.7. The van der Waals surface area contributed by atoms with Crippen molar-refractivity contribution in [2.45, 2.75) is 56.1 Å². The molecular weight excluding hydrogens is 679 g/mol. The van der Waals surface area contributed by atoms with Crippen molar-refractivity contribution in [3.8, 4) is 0 Å². The van der Waals surface area contributed by atoms with Gasteiger partial charge in [0.05, 0.1) is 22.9 Å². The number of halogens is 2. The number of urea groups is 1. The van der Waals surface area contributed by atoms with E-state index < -0.39 is 36.4 Å². The monoisotopic (exact) mass is 722 g/mol. The fourth-order valence-corrected chi connectivity index (χ4v) is 6.39. The van der Waals surface area contributed by atoms with Crippen LogP contribution in [0.2, 0.25) is 10.0 Å². The van der Waals surface area contributed by atoms with Crippen LogP contribution in [0.5, 0.6) is 0 Å². The molecule has 15 heteroatoms. The molecule has 0 unspecified atom stereocenters. The van der Waals surface area contributed by atoms with Gasteiger partial charge in [-0.1, -0.05) is 47.5 Å². The quantitative estimate of drug-likeness (QED) is 0.234. The first-order valence-electron chi connectivity index (χ1n) is 16.0. The van der Waals surface area contributed by atoms with Gasteiger partial charge in [0.25, 0.3) is 5.91 Å². The molecule has 0 saturated carbocycles. The van der Waals surface area contributed by atoms with Crippen LogP contribution < -0.4 is 0 Å². The number of amides is 3. The molecule has 2 heterocycles. The number of hydrogen-bond acceptors (Lipinski definition) is 7. The molecule has 2 aliphatic rings. The van der Waals surface area contributed by atoms with E-state index in [1.54, 1.807) is 4.90 Å². The maximum Gasteiger partial charge on any atom is 0.336 e. The summed E-state index contributed by atoms with van der Waals surface area (Å²) in [6.07, 6.45) is 1.67. The maximum atomic E-state index is 13.0. The highest BCUT2D eigenvalue weighted by Crippen LogP contribution is 2.30. The number of rotatable bonds is 13. The van der Waals surface area contributed by atoms with Crippen LogP contribution >= 0.6 is 23.2 Å². The molecule has 268 valence electrons. The molecule has 3 amide bonds. The summed E-state index contributed by atoms with van der Waals surface area (Å²) in [6.45, 7) is 5.20. The van der Waals surface area contributed by atoms with Crippen molar-refractivity contribution in [1.82, 2.24) is 19.6 Å². The fraction of sp³-hybridized carbons (Fsp3) is 0.500. The van der Waals surface area contributed by atoms with E-state index in [0.29, 0.717) is 28.2 Å². The van der Waals surface area contributed by atoms with Gasteiger partial charge in [0.1, 0.15) is 0 Å². The van der Waals surface area contributed by atoms with Crippen LogP contribution in [0.1, 0.15) is 60.4 Å². The highest BCUT2D eigenvalue weighted by Gasteiger charge is 2.41. The Balaban J connectivity index is 0.000000425. The normalized spacial score (nSPS) is 16.4. The number of nitrogens with zero attached hydrogens (tertiary/aromatic N) is 4. The van der Waals surface area contributed by atoms with Crippen LogP contribution in [0.25, 0.3) is 0 Å². The lowest BCUT2D eigenvalue weighted by Crippen LogP contribution is -2.54. The van der Waals surface area contributed by atoms with E-state index in [1.165, 1.54) is 0 Å². The first-order valence-corrected chi connectivity index (χ1v) is 16.8. The highest BCUT2D eigenvalue weighted by molar-refractivity contribution is 6.42. The van der Waals surface area contributed by atoms with Crippen LogP contribution in [-0.4, -0.2) is 135 Å². The lowest BCUT2D eigenvalue weighted by Gasteiger charge is -2.42. The highest BCUT2D eigenvalue weighted by atomic mass is 35.5. The number of likely N-dealkylation sites (N-methyl/N-ethyl adjacent to an activating group) is 1. The number of carbonyl (C=O) groups excluding carboxylic acids is 2. The summed E-state index contributed by atoms with van der Waals surface area (Å²) in [4.78, 5) is 64.3. The predicted molar refractivity (Wildman–Crippen MR) is 183 cm³/mol. The van der Waals surface area contributed by atoms with Crippen LogP contribution in [0, 0.1) is 0 Å². The zero-order valence-corrected chi connectivity index (χ0v) is 29.1. The number of hydrogen-bond donors (Lipinski definition) is 4. The molecule has 2 saturated heterocycles. The second kappa shape index (κ2) is 18.2. The Morgan fingerprint density at radius 2 is 1.53 bits per heavy atom. The van der Waals surface area contributed by atoms with Gasteiger partial charge < -0.3 is 40.0 Å². The lowest BCUT2D eigenvalue weighted by atomic mass is 9.93. The Morgan fingerprint density at radius 3 is 2.08 bits per heavy atom. The number of piperidine rings is 1. The molecule has 4 rings (SSSR count). The van der Waals surface area contributed by atoms with Gasteiger partial charge >= 0.3 is 23.9 Å². The summed E-state index contributed by atoms with van der Waals surface area (Å²) in [7, 11) is 3.75. The number of aliphatic carboxylic acids is 3. The van der Waals surface area contributed by atoms with Crippen LogP contribution in [-0.2, 0) is 14.4 Å². The number of carboxylic acids is 3. The molecule has 0 aromatic heterocycles. The van der Waals surface area contributed by atoms with Crippen LogP contribution in [0.3, 0.4) is 0 Å². The molecule has 0 spiro atoms. The average molecular weight is 724 g/mol. The first-order chi connectivity index (χ1) is 23.1. The van der Waals surface area contributed by atoms with E-state index >= 15 is 0 Å². The van der Waals surface area contributed by atoms with Crippen LogP contribution in [0.4, 0.5) is 4.79 Å². The summed E-state index contributed by atoms with van der Waals surface area (Å²) < 4.78 is 0. The number of likely N-dealkylation sites (tertiary alicyclic amines) is 1. The van der Waals surface area contributed by atoms with Crippen LogP contribution in [0.15, 0.2) is 48.5 Å². The van der Waals surface area contributed by atoms with Gasteiger partial charge in [-0.15, -0.1) is 0 Å². The van der Waals surface area contributed by atoms with E-state index in [1.807, 2.05) is 67.5 Å². The van der Waals surface area contributed by atoms with Gasteiger partial charge in [-0.3, -0.25) is 14.4 Å². The largest absolute Gasteiger partial charge is 0.481 e. The number of carbonyl (C=O) groups is 5. The zero-order valence-electron chi connectivity index (χ0n) is 27.6. The maximum absolute atomic E-state index is 13.0. The van der Waals surface area contributed by atoms with Crippen molar-refractivity contribution < 1.29 is 44.4 Å². The molecule has 2 aromatic rings. The van der Waals surface area contributed by atoms with Gasteiger partial charge in [-0.25, -0.2) is 9.59 Å². The van der Waals surface area contributed by atoms with Gasteiger partial charge in [0.15, 0.2) is 5.60 Å². The summed E-state index contributed by atoms with van der Waals surface area (Å²) in [5.74, 6) is -4.88. The molecule has 2 aromatic carbocycles. The molecule has 0 radical (unpaired) electrons. The lowest BCUT2D eigenvalue weighted by molar-refractivity contribution is -0.170. The molecule has 1 atom stereocenters. The van der Waals surface area contributed by atoms with Gasteiger partial charge in [0.2, 0.25) is 0 Å². The topological polar surface area (TPSA) is 179 Å². The summed E-state index contributed by atoms with van der Waals surface area (Å²) in [6, 6.07) is 15.7. The zero-order chi connectivity index (χ0) is 36.3. The van der Waals surface area contributed by atoms with Gasteiger partial charge in [-0.2, -0.15) is 0 Å². The Bertz CT molecular complexity index is 1450. The molecule has 4 N–H and O–H groups in total. The SMILES string of the molecule is CN(C[C@@H](CCN1CCC(N2CCCN(C)C2=O)CC1)c1ccc(Cl)c(Cl)c1)C(=O)c1ccccc1.O=C(O)CC(O)(CC(=O)O)C(=O)O. The molecule has 2 fully saturated rings. The molecule has 0 bridgehead atoms. The van der Waals surface area contributed by atoms with Crippen molar-refractivity contribution in [2.24, 2.45) is 0 Å². The third kappa shape index (κ3) is 11.6. The van der Waals surface area contributed by atoms with E-state index in [0.717, 1.165) is 64.0 Å². The Labute approximate surface area is 295 Å². The third-order valence-corrected chi connectivity index (χ3v) is 9.56. The minimum Gasteiger partial charge on any atom is -0.481 e. The molecule has 0 aliphatic carbocycles. The second-order valence-electron chi connectivity index (χ2n) is 12.5.